The molecule has 4 nitrogen and oxygen atoms in total. The predicted octanol–water partition coefficient (Wildman–Crippen LogP) is 2.34. The van der Waals surface area contributed by atoms with Gasteiger partial charge in [-0.2, -0.15) is 0 Å². The van der Waals surface area contributed by atoms with E-state index in [9.17, 15) is 0 Å². The Morgan fingerprint density at radius 2 is 2.19 bits per heavy atom. The lowest BCUT2D eigenvalue weighted by atomic mass is 10.5. The van der Waals surface area contributed by atoms with E-state index in [1.54, 1.807) is 30.2 Å². The van der Waals surface area contributed by atoms with E-state index in [-0.39, 0.29) is 0 Å². The van der Waals surface area contributed by atoms with E-state index in [0.717, 1.165) is 16.5 Å². The van der Waals surface area contributed by atoms with Crippen molar-refractivity contribution in [3.8, 4) is 0 Å². The number of pyridine rings is 1. The molecule has 0 spiro atoms. The van der Waals surface area contributed by atoms with Crippen molar-refractivity contribution >= 4 is 29.2 Å². The second-order valence-corrected chi connectivity index (χ2v) is 4.70. The minimum atomic E-state index is 0.532. The smallest absolute Gasteiger partial charge is 0.128 e. The molecular formula is C10H11ClN4S. The summed E-state index contributed by atoms with van der Waals surface area (Å²) in [6.07, 6.45) is 3.41. The van der Waals surface area contributed by atoms with Crippen molar-refractivity contribution in [2.24, 2.45) is 7.05 Å². The second-order valence-electron chi connectivity index (χ2n) is 3.26. The standard InChI is InChI=1S/C10H11ClN4S/c1-15-8(11)5-14-10(15)6-16-7-2-3-9(12)13-4-7/h2-5H,6H2,1H3,(H2,12,13). The molecule has 0 aromatic carbocycles. The van der Waals surface area contributed by atoms with Gasteiger partial charge in [0, 0.05) is 18.1 Å². The summed E-state index contributed by atoms with van der Waals surface area (Å²) in [6, 6.07) is 3.73. The Bertz CT molecular complexity index is 480. The van der Waals surface area contributed by atoms with Crippen LogP contribution in [0.3, 0.4) is 0 Å². The number of anilines is 1. The number of rotatable bonds is 3. The van der Waals surface area contributed by atoms with Gasteiger partial charge in [-0.05, 0) is 12.1 Å². The number of nitrogens with two attached hydrogens (primary N) is 1. The van der Waals surface area contributed by atoms with Gasteiger partial charge >= 0.3 is 0 Å². The summed E-state index contributed by atoms with van der Waals surface area (Å²) in [7, 11) is 1.90. The second kappa shape index (κ2) is 4.76. The molecule has 0 atom stereocenters. The highest BCUT2D eigenvalue weighted by atomic mass is 35.5. The van der Waals surface area contributed by atoms with Crippen LogP contribution in [0.2, 0.25) is 5.15 Å². The Kier molecular flexibility index (Phi) is 3.36. The van der Waals surface area contributed by atoms with Crippen LogP contribution in [0.15, 0.2) is 29.4 Å². The van der Waals surface area contributed by atoms with E-state index >= 15 is 0 Å². The van der Waals surface area contributed by atoms with Crippen LogP contribution in [0, 0.1) is 0 Å². The molecule has 0 fully saturated rings. The van der Waals surface area contributed by atoms with Crippen LogP contribution < -0.4 is 5.73 Å². The lowest BCUT2D eigenvalue weighted by Crippen LogP contribution is -1.96. The summed E-state index contributed by atoms with van der Waals surface area (Å²) in [5.41, 5.74) is 5.51. The van der Waals surface area contributed by atoms with Crippen molar-refractivity contribution < 1.29 is 0 Å². The normalized spacial score (nSPS) is 10.6. The first-order chi connectivity index (χ1) is 7.66. The van der Waals surface area contributed by atoms with Gasteiger partial charge in [0.2, 0.25) is 0 Å². The molecule has 0 unspecified atom stereocenters. The zero-order valence-corrected chi connectivity index (χ0v) is 10.3. The summed E-state index contributed by atoms with van der Waals surface area (Å²) in [4.78, 5) is 9.30. The number of hydrogen-bond donors (Lipinski definition) is 1. The molecule has 0 aliphatic heterocycles. The van der Waals surface area contributed by atoms with E-state index in [0.29, 0.717) is 11.0 Å². The molecule has 16 heavy (non-hydrogen) atoms. The van der Waals surface area contributed by atoms with Crippen LogP contribution in [0.1, 0.15) is 5.82 Å². The quantitative estimate of drug-likeness (QED) is 0.855. The molecule has 2 rings (SSSR count). The highest BCUT2D eigenvalue weighted by Crippen LogP contribution is 2.22. The summed E-state index contributed by atoms with van der Waals surface area (Å²) in [5, 5.41) is 0.644. The Labute approximate surface area is 103 Å². The van der Waals surface area contributed by atoms with Crippen LogP contribution in [-0.4, -0.2) is 14.5 Å². The molecule has 0 aliphatic carbocycles. The maximum absolute atomic E-state index is 5.89. The van der Waals surface area contributed by atoms with Crippen LogP contribution in [0.4, 0.5) is 5.82 Å². The SMILES string of the molecule is Cn1c(Cl)cnc1CSc1ccc(N)nc1. The molecule has 0 saturated heterocycles. The predicted molar refractivity (Wildman–Crippen MR) is 66.4 cm³/mol. The van der Waals surface area contributed by atoms with Gasteiger partial charge < -0.3 is 10.3 Å². The van der Waals surface area contributed by atoms with Crippen molar-refractivity contribution in [3.05, 3.63) is 35.5 Å². The molecule has 0 aliphatic rings. The maximum Gasteiger partial charge on any atom is 0.128 e. The molecule has 84 valence electrons. The van der Waals surface area contributed by atoms with Gasteiger partial charge in [0.15, 0.2) is 0 Å². The van der Waals surface area contributed by atoms with Crippen LogP contribution in [0.25, 0.3) is 0 Å². The first kappa shape index (κ1) is 11.3. The van der Waals surface area contributed by atoms with Crippen LogP contribution in [0.5, 0.6) is 0 Å². The van der Waals surface area contributed by atoms with Crippen LogP contribution >= 0.6 is 23.4 Å². The number of hydrogen-bond acceptors (Lipinski definition) is 4. The van der Waals surface area contributed by atoms with E-state index < -0.39 is 0 Å². The molecule has 2 heterocycles. The van der Waals surface area contributed by atoms with E-state index in [4.69, 9.17) is 17.3 Å². The Morgan fingerprint density at radius 3 is 2.75 bits per heavy atom. The molecule has 6 heteroatoms. The third-order valence-electron chi connectivity index (χ3n) is 2.15. The summed E-state index contributed by atoms with van der Waals surface area (Å²) >= 11 is 7.54. The van der Waals surface area contributed by atoms with Crippen molar-refractivity contribution in [2.75, 3.05) is 5.73 Å². The third kappa shape index (κ3) is 2.48. The van der Waals surface area contributed by atoms with Crippen molar-refractivity contribution in [3.63, 3.8) is 0 Å². The maximum atomic E-state index is 5.89. The van der Waals surface area contributed by atoms with Crippen molar-refractivity contribution in [2.45, 2.75) is 10.6 Å². The van der Waals surface area contributed by atoms with Gasteiger partial charge in [-0.25, -0.2) is 9.97 Å². The molecule has 0 amide bonds. The number of thioether (sulfide) groups is 1. The topological polar surface area (TPSA) is 56.7 Å². The molecule has 0 saturated carbocycles. The summed E-state index contributed by atoms with van der Waals surface area (Å²) < 4.78 is 1.86. The summed E-state index contributed by atoms with van der Waals surface area (Å²) in [5.74, 6) is 2.23. The number of halogens is 1. The fourth-order valence-electron chi connectivity index (χ4n) is 1.18. The average molecular weight is 255 g/mol. The fourth-order valence-corrected chi connectivity index (χ4v) is 2.19. The minimum Gasteiger partial charge on any atom is -0.384 e. The molecule has 2 aromatic heterocycles. The molecule has 0 radical (unpaired) electrons. The number of imidazole rings is 1. The van der Waals surface area contributed by atoms with Gasteiger partial charge in [-0.3, -0.25) is 0 Å². The number of nitrogens with zero attached hydrogens (tertiary/aromatic N) is 3. The molecule has 2 N–H and O–H groups in total. The minimum absolute atomic E-state index is 0.532. The number of aromatic nitrogens is 3. The first-order valence-corrected chi connectivity index (χ1v) is 6.03. The zero-order chi connectivity index (χ0) is 11.5. The molecular weight excluding hydrogens is 244 g/mol. The number of nitrogen functional groups attached to an aromatic ring is 1. The Morgan fingerprint density at radius 1 is 1.38 bits per heavy atom. The van der Waals surface area contributed by atoms with Gasteiger partial charge in [-0.1, -0.05) is 11.6 Å². The van der Waals surface area contributed by atoms with E-state index in [1.165, 1.54) is 0 Å². The van der Waals surface area contributed by atoms with Gasteiger partial charge in [-0.15, -0.1) is 11.8 Å². The Hall–Kier alpha value is -1.20. The fraction of sp³-hybridized carbons (Fsp3) is 0.200. The van der Waals surface area contributed by atoms with E-state index in [1.807, 2.05) is 17.7 Å². The highest BCUT2D eigenvalue weighted by Gasteiger charge is 2.04. The third-order valence-corrected chi connectivity index (χ3v) is 3.48. The average Bonchev–Trinajstić information content (AvgIpc) is 2.60. The van der Waals surface area contributed by atoms with Crippen molar-refractivity contribution in [1.29, 1.82) is 0 Å². The zero-order valence-electron chi connectivity index (χ0n) is 8.72. The highest BCUT2D eigenvalue weighted by molar-refractivity contribution is 7.98. The van der Waals surface area contributed by atoms with Gasteiger partial charge in [0.25, 0.3) is 0 Å². The molecule has 2 aromatic rings. The monoisotopic (exact) mass is 254 g/mol. The molecule has 0 bridgehead atoms. The first-order valence-electron chi connectivity index (χ1n) is 4.67. The van der Waals surface area contributed by atoms with Crippen molar-refractivity contribution in [1.82, 2.24) is 14.5 Å². The Balaban J connectivity index is 2.02. The van der Waals surface area contributed by atoms with Crippen LogP contribution in [-0.2, 0) is 12.8 Å². The lowest BCUT2D eigenvalue weighted by Gasteiger charge is -2.02. The largest absolute Gasteiger partial charge is 0.384 e. The van der Waals surface area contributed by atoms with Gasteiger partial charge in [0.05, 0.1) is 11.9 Å². The van der Waals surface area contributed by atoms with Gasteiger partial charge in [0.1, 0.15) is 16.8 Å². The lowest BCUT2D eigenvalue weighted by molar-refractivity contribution is 0.850. The van der Waals surface area contributed by atoms with E-state index in [2.05, 4.69) is 9.97 Å². The summed E-state index contributed by atoms with van der Waals surface area (Å²) in [6.45, 7) is 0.